The van der Waals surface area contributed by atoms with Crippen molar-refractivity contribution >= 4 is 13.7 Å². The van der Waals surface area contributed by atoms with Crippen molar-refractivity contribution in [2.24, 2.45) is 0 Å². The standard InChI is InChI=1S/C57H115N2O6P/c1-6-8-10-12-14-16-18-19-20-21-22-23-24-25-26-27-28-29-30-31-32-33-34-35-36-37-38-39-41-43-45-47-49-51-57(61)58-55(54-65-66(62,63)64-53-52-59(3,4)5)56(60)50-48-46-44-42-40-17-15-13-11-9-7-2/h48,50,55-56,60H,6-47,49,51-54H2,1-5H3,(H-,58,61,62,63)/b50-48+/t55-,56+/m0/s1. The first-order valence-corrected chi connectivity index (χ1v) is 30.5. The monoisotopic (exact) mass is 955 g/mol. The molecule has 394 valence electrons. The lowest BCUT2D eigenvalue weighted by Gasteiger charge is -2.29. The average molecular weight is 956 g/mol. The number of phosphoric ester groups is 1. The molecular weight excluding hydrogens is 840 g/mol. The number of nitrogens with zero attached hydrogens (tertiary/aromatic N) is 1. The Morgan fingerprint density at radius 2 is 0.818 bits per heavy atom. The van der Waals surface area contributed by atoms with Crippen molar-refractivity contribution < 1.29 is 32.9 Å². The minimum atomic E-state index is -4.58. The molecular formula is C57H115N2O6P. The fraction of sp³-hybridized carbons (Fsp3) is 0.947. The first-order chi connectivity index (χ1) is 32.0. The summed E-state index contributed by atoms with van der Waals surface area (Å²) in [5.41, 5.74) is 0. The highest BCUT2D eigenvalue weighted by Gasteiger charge is 2.23. The highest BCUT2D eigenvalue weighted by molar-refractivity contribution is 7.45. The van der Waals surface area contributed by atoms with Crippen LogP contribution >= 0.6 is 7.82 Å². The van der Waals surface area contributed by atoms with Crippen LogP contribution in [0.3, 0.4) is 0 Å². The van der Waals surface area contributed by atoms with Crippen LogP contribution in [0.2, 0.25) is 0 Å². The van der Waals surface area contributed by atoms with Gasteiger partial charge in [0, 0.05) is 6.42 Å². The van der Waals surface area contributed by atoms with E-state index in [-0.39, 0.29) is 19.1 Å². The number of phosphoric acid groups is 1. The topological polar surface area (TPSA) is 108 Å². The Morgan fingerprint density at radius 3 is 1.14 bits per heavy atom. The van der Waals surface area contributed by atoms with Gasteiger partial charge >= 0.3 is 0 Å². The van der Waals surface area contributed by atoms with Gasteiger partial charge in [-0.25, -0.2) is 0 Å². The molecule has 8 nitrogen and oxygen atoms in total. The van der Waals surface area contributed by atoms with E-state index in [1.165, 1.54) is 238 Å². The number of carbonyl (C=O) groups is 1. The molecule has 0 spiro atoms. The minimum Gasteiger partial charge on any atom is -0.756 e. The zero-order chi connectivity index (χ0) is 48.5. The third-order valence-electron chi connectivity index (χ3n) is 13.5. The lowest BCUT2D eigenvalue weighted by molar-refractivity contribution is -0.870. The number of aliphatic hydroxyl groups is 1. The molecule has 1 unspecified atom stereocenters. The summed E-state index contributed by atoms with van der Waals surface area (Å²) in [7, 11) is 1.27. The van der Waals surface area contributed by atoms with Crippen LogP contribution < -0.4 is 10.2 Å². The lowest BCUT2D eigenvalue weighted by Crippen LogP contribution is -2.45. The number of allylic oxidation sites excluding steroid dienone is 1. The summed E-state index contributed by atoms with van der Waals surface area (Å²) in [4.78, 5) is 25.4. The summed E-state index contributed by atoms with van der Waals surface area (Å²) in [5, 5.41) is 13.8. The third kappa shape index (κ3) is 51.1. The Bertz CT molecular complexity index is 1080. The van der Waals surface area contributed by atoms with Gasteiger partial charge in [0.1, 0.15) is 13.2 Å². The predicted octanol–water partition coefficient (Wildman–Crippen LogP) is 16.8. The van der Waals surface area contributed by atoms with E-state index in [0.29, 0.717) is 17.4 Å². The van der Waals surface area contributed by atoms with Crippen LogP contribution in [0.25, 0.3) is 0 Å². The molecule has 0 heterocycles. The van der Waals surface area contributed by atoms with Gasteiger partial charge in [0.05, 0.1) is 39.9 Å². The molecule has 66 heavy (non-hydrogen) atoms. The maximum absolute atomic E-state index is 12.9. The second kappa shape index (κ2) is 49.2. The van der Waals surface area contributed by atoms with Crippen LogP contribution in [0, 0.1) is 0 Å². The summed E-state index contributed by atoms with van der Waals surface area (Å²) in [6.07, 6.45) is 60.3. The second-order valence-electron chi connectivity index (χ2n) is 21.4. The zero-order valence-corrected chi connectivity index (χ0v) is 45.8. The summed E-state index contributed by atoms with van der Waals surface area (Å²) >= 11 is 0. The fourth-order valence-electron chi connectivity index (χ4n) is 8.92. The SMILES string of the molecule is CCCCCCCCCCC/C=C/[C@@H](O)[C@H](COP(=O)([O-])OCC[N+](C)(C)C)NC(=O)CCCCCCCCCCCCCCCCCCCCCCCCCCCCCCCCCCC. The van der Waals surface area contributed by atoms with Crippen molar-refractivity contribution in [3.63, 3.8) is 0 Å². The number of rotatable bonds is 54. The van der Waals surface area contributed by atoms with Gasteiger partial charge in [-0.2, -0.15) is 0 Å². The molecule has 1 amide bonds. The smallest absolute Gasteiger partial charge is 0.268 e. The molecule has 2 N–H and O–H groups in total. The molecule has 9 heteroatoms. The molecule has 0 aliphatic rings. The van der Waals surface area contributed by atoms with Crippen LogP contribution in [-0.2, 0) is 18.4 Å². The van der Waals surface area contributed by atoms with Crippen molar-refractivity contribution in [1.29, 1.82) is 0 Å². The van der Waals surface area contributed by atoms with E-state index in [1.54, 1.807) is 6.08 Å². The molecule has 0 saturated carbocycles. The molecule has 0 aromatic heterocycles. The number of quaternary nitrogens is 1. The molecule has 0 radical (unpaired) electrons. The quantitative estimate of drug-likeness (QED) is 0.0272. The Hall–Kier alpha value is -0.760. The van der Waals surface area contributed by atoms with Gasteiger partial charge in [0.25, 0.3) is 7.82 Å². The van der Waals surface area contributed by atoms with Gasteiger partial charge in [0.2, 0.25) is 5.91 Å². The van der Waals surface area contributed by atoms with E-state index in [2.05, 4.69) is 19.2 Å². The van der Waals surface area contributed by atoms with E-state index in [4.69, 9.17) is 9.05 Å². The third-order valence-corrected chi connectivity index (χ3v) is 14.5. The van der Waals surface area contributed by atoms with Crippen LogP contribution in [0.1, 0.15) is 296 Å². The largest absolute Gasteiger partial charge is 0.756 e. The number of nitrogens with one attached hydrogen (secondary N) is 1. The first-order valence-electron chi connectivity index (χ1n) is 29.1. The number of carbonyl (C=O) groups excluding carboxylic acids is 1. The molecule has 0 aliphatic carbocycles. The molecule has 0 fully saturated rings. The van der Waals surface area contributed by atoms with Crippen molar-refractivity contribution in [2.75, 3.05) is 40.9 Å². The molecule has 0 aromatic rings. The molecule has 0 rings (SSSR count). The van der Waals surface area contributed by atoms with Crippen molar-refractivity contribution in [3.05, 3.63) is 12.2 Å². The second-order valence-corrected chi connectivity index (χ2v) is 22.8. The molecule has 0 aliphatic heterocycles. The first kappa shape index (κ1) is 65.2. The van der Waals surface area contributed by atoms with Crippen LogP contribution in [0.5, 0.6) is 0 Å². The number of hydrogen-bond donors (Lipinski definition) is 2. The maximum Gasteiger partial charge on any atom is 0.268 e. The molecule has 0 saturated heterocycles. The zero-order valence-electron chi connectivity index (χ0n) is 44.9. The normalized spacial score (nSPS) is 14.0. The minimum absolute atomic E-state index is 0.00221. The van der Waals surface area contributed by atoms with Crippen molar-refractivity contribution in [3.8, 4) is 0 Å². The Morgan fingerprint density at radius 1 is 0.515 bits per heavy atom. The van der Waals surface area contributed by atoms with Gasteiger partial charge in [-0.15, -0.1) is 0 Å². The van der Waals surface area contributed by atoms with Gasteiger partial charge in [-0.1, -0.05) is 283 Å². The van der Waals surface area contributed by atoms with E-state index < -0.39 is 20.0 Å². The number of unbranched alkanes of at least 4 members (excludes halogenated alkanes) is 41. The van der Waals surface area contributed by atoms with Gasteiger partial charge < -0.3 is 28.8 Å². The van der Waals surface area contributed by atoms with Crippen molar-refractivity contribution in [2.45, 2.75) is 309 Å². The van der Waals surface area contributed by atoms with Crippen LogP contribution in [-0.4, -0.2) is 68.5 Å². The summed E-state index contributed by atoms with van der Waals surface area (Å²) in [5.74, 6) is -0.192. The number of likely N-dealkylation sites (N-methyl/N-ethyl adjacent to an activating group) is 1. The molecule has 0 aromatic carbocycles. The van der Waals surface area contributed by atoms with Gasteiger partial charge in [-0.05, 0) is 19.3 Å². The summed E-state index contributed by atoms with van der Waals surface area (Å²) in [6.45, 7) is 4.67. The number of amides is 1. The number of aliphatic hydroxyl groups excluding tert-OH is 1. The van der Waals surface area contributed by atoms with E-state index >= 15 is 0 Å². The van der Waals surface area contributed by atoms with E-state index in [0.717, 1.165) is 38.5 Å². The number of hydrogen-bond acceptors (Lipinski definition) is 6. The van der Waals surface area contributed by atoms with Crippen LogP contribution in [0.15, 0.2) is 12.2 Å². The highest BCUT2D eigenvalue weighted by atomic mass is 31.2. The Balaban J connectivity index is 3.90. The lowest BCUT2D eigenvalue weighted by atomic mass is 10.0. The Labute approximate surface area is 412 Å². The van der Waals surface area contributed by atoms with Gasteiger partial charge in [0.15, 0.2) is 0 Å². The summed E-state index contributed by atoms with van der Waals surface area (Å²) < 4.78 is 23.3. The van der Waals surface area contributed by atoms with Gasteiger partial charge in [-0.3, -0.25) is 9.36 Å². The fourth-order valence-corrected chi connectivity index (χ4v) is 9.64. The highest BCUT2D eigenvalue weighted by Crippen LogP contribution is 2.38. The van der Waals surface area contributed by atoms with Crippen molar-refractivity contribution in [1.82, 2.24) is 5.32 Å². The molecule has 0 bridgehead atoms. The Kier molecular flexibility index (Phi) is 48.7. The summed E-state index contributed by atoms with van der Waals surface area (Å²) in [6, 6.07) is -0.880. The molecule has 3 atom stereocenters. The predicted molar refractivity (Wildman–Crippen MR) is 284 cm³/mol. The average Bonchev–Trinajstić information content (AvgIpc) is 3.28. The maximum atomic E-state index is 12.9. The van der Waals surface area contributed by atoms with E-state index in [9.17, 15) is 19.4 Å². The van der Waals surface area contributed by atoms with Crippen LogP contribution in [0.4, 0.5) is 0 Å². The van der Waals surface area contributed by atoms with E-state index in [1.807, 2.05) is 27.2 Å².